The summed E-state index contributed by atoms with van der Waals surface area (Å²) in [6.45, 7) is 0. The number of allylic oxidation sites excluding steroid dienone is 2. The van der Waals surface area contributed by atoms with Crippen molar-refractivity contribution in [2.24, 2.45) is 0 Å². The summed E-state index contributed by atoms with van der Waals surface area (Å²) in [6.07, 6.45) is 1.05. The van der Waals surface area contributed by atoms with Gasteiger partial charge in [-0.15, -0.1) is 0 Å². The molecule has 0 spiro atoms. The van der Waals surface area contributed by atoms with Crippen molar-refractivity contribution < 1.29 is 19.2 Å². The molecule has 82 valence electrons. The second kappa shape index (κ2) is 3.53. The largest absolute Gasteiger partial charge is 0.492 e. The van der Waals surface area contributed by atoms with Gasteiger partial charge in [0.05, 0.1) is 22.5 Å². The van der Waals surface area contributed by atoms with Crippen molar-refractivity contribution in [1.82, 2.24) is 0 Å². The summed E-state index contributed by atoms with van der Waals surface area (Å²) in [5.74, 6) is -1.03. The zero-order valence-electron chi connectivity index (χ0n) is 8.05. The number of ether oxygens (including phenoxy) is 1. The van der Waals surface area contributed by atoms with E-state index in [2.05, 4.69) is 0 Å². The summed E-state index contributed by atoms with van der Waals surface area (Å²) in [7, 11) is 1.27. The highest BCUT2D eigenvalue weighted by molar-refractivity contribution is 7.17. The topological polar surface area (TPSA) is 86.5 Å². The number of hydrogen-bond acceptors (Lipinski definition) is 6. The zero-order valence-corrected chi connectivity index (χ0v) is 8.87. The van der Waals surface area contributed by atoms with Gasteiger partial charge in [0.15, 0.2) is 5.76 Å². The van der Waals surface area contributed by atoms with Gasteiger partial charge in [-0.05, 0) is 0 Å². The molecule has 1 aromatic heterocycles. The molecule has 1 aliphatic rings. The van der Waals surface area contributed by atoms with Gasteiger partial charge in [0.2, 0.25) is 11.6 Å². The SMILES string of the molecule is COC1=CC(=O)c2sc([N+](=O)[O-])cc2C1=O. The number of rotatable bonds is 2. The summed E-state index contributed by atoms with van der Waals surface area (Å²) in [6, 6.07) is 1.10. The Labute approximate surface area is 93.3 Å². The first-order chi connectivity index (χ1) is 7.54. The molecule has 0 fully saturated rings. The van der Waals surface area contributed by atoms with Crippen LogP contribution in [0.1, 0.15) is 20.0 Å². The fraction of sp³-hybridized carbons (Fsp3) is 0.111. The fourth-order valence-corrected chi connectivity index (χ4v) is 2.24. The molecule has 0 aliphatic heterocycles. The Hall–Kier alpha value is -2.02. The number of nitro groups is 1. The Morgan fingerprint density at radius 2 is 2.12 bits per heavy atom. The predicted octanol–water partition coefficient (Wildman–Crippen LogP) is 1.57. The van der Waals surface area contributed by atoms with Gasteiger partial charge in [-0.2, -0.15) is 0 Å². The summed E-state index contributed by atoms with van der Waals surface area (Å²) in [5.41, 5.74) is 0.0426. The molecule has 0 saturated carbocycles. The molecule has 0 radical (unpaired) electrons. The lowest BCUT2D eigenvalue weighted by Crippen LogP contribution is -2.15. The van der Waals surface area contributed by atoms with Gasteiger partial charge in [0, 0.05) is 12.1 Å². The minimum atomic E-state index is -0.629. The second-order valence-corrected chi connectivity index (χ2v) is 4.02. The number of carbonyl (C=O) groups excluding carboxylic acids is 2. The zero-order chi connectivity index (χ0) is 11.9. The van der Waals surface area contributed by atoms with Crippen LogP contribution in [-0.4, -0.2) is 23.6 Å². The number of Topliss-reactive ketones (excluding diaryl/α,β-unsaturated/α-hetero) is 1. The van der Waals surface area contributed by atoms with Gasteiger partial charge in [-0.1, -0.05) is 11.3 Å². The number of fused-ring (bicyclic) bond motifs is 1. The Kier molecular flexibility index (Phi) is 2.31. The first-order valence-electron chi connectivity index (χ1n) is 4.17. The van der Waals surface area contributed by atoms with Crippen molar-refractivity contribution in [2.45, 2.75) is 0 Å². The lowest BCUT2D eigenvalue weighted by molar-refractivity contribution is -0.380. The predicted molar refractivity (Wildman–Crippen MR) is 54.7 cm³/mol. The minimum absolute atomic E-state index is 0.0426. The Bertz CT molecular complexity index is 542. The van der Waals surface area contributed by atoms with Gasteiger partial charge in [0.1, 0.15) is 0 Å². The van der Waals surface area contributed by atoms with Crippen LogP contribution in [-0.2, 0) is 4.74 Å². The van der Waals surface area contributed by atoms with Gasteiger partial charge in [0.25, 0.3) is 0 Å². The molecule has 0 atom stereocenters. The van der Waals surface area contributed by atoms with Gasteiger partial charge in [-0.3, -0.25) is 19.7 Å². The average molecular weight is 239 g/mol. The van der Waals surface area contributed by atoms with Crippen molar-refractivity contribution in [3.8, 4) is 0 Å². The third-order valence-corrected chi connectivity index (χ3v) is 3.17. The van der Waals surface area contributed by atoms with Crippen LogP contribution in [0.5, 0.6) is 0 Å². The smallest absolute Gasteiger partial charge is 0.325 e. The van der Waals surface area contributed by atoms with E-state index >= 15 is 0 Å². The molecule has 0 unspecified atom stereocenters. The molecule has 1 aromatic rings. The summed E-state index contributed by atoms with van der Waals surface area (Å²) in [5, 5.41) is 10.3. The molecule has 1 heterocycles. The van der Waals surface area contributed by atoms with Gasteiger partial charge in [-0.25, -0.2) is 0 Å². The van der Waals surface area contributed by atoms with E-state index in [0.29, 0.717) is 11.3 Å². The number of nitrogens with zero attached hydrogens (tertiary/aromatic N) is 1. The number of thiophene rings is 1. The van der Waals surface area contributed by atoms with Crippen LogP contribution >= 0.6 is 11.3 Å². The standard InChI is InChI=1S/C9H5NO5S/c1-15-6-3-5(11)9-4(8(6)12)2-7(16-9)10(13)14/h2-3H,1H3. The Morgan fingerprint density at radius 1 is 1.44 bits per heavy atom. The van der Waals surface area contributed by atoms with Crippen LogP contribution in [0.3, 0.4) is 0 Å². The third kappa shape index (κ3) is 1.41. The maximum Gasteiger partial charge on any atom is 0.325 e. The van der Waals surface area contributed by atoms with Gasteiger partial charge < -0.3 is 4.74 Å². The Balaban J connectivity index is 2.57. The number of ketones is 2. The van der Waals surface area contributed by atoms with Crippen LogP contribution in [0.15, 0.2) is 17.9 Å². The van der Waals surface area contributed by atoms with Crippen molar-refractivity contribution >= 4 is 27.9 Å². The highest BCUT2D eigenvalue weighted by Crippen LogP contribution is 2.33. The average Bonchev–Trinajstić information content (AvgIpc) is 2.68. The molecule has 6 nitrogen and oxygen atoms in total. The first kappa shape index (κ1) is 10.5. The van der Waals surface area contributed by atoms with E-state index < -0.39 is 16.5 Å². The molecule has 0 N–H and O–H groups in total. The van der Waals surface area contributed by atoms with E-state index in [-0.39, 0.29) is 21.2 Å². The molecule has 0 saturated heterocycles. The molecular weight excluding hydrogens is 234 g/mol. The summed E-state index contributed by atoms with van der Waals surface area (Å²) >= 11 is 0.698. The van der Waals surface area contributed by atoms with Crippen LogP contribution in [0.25, 0.3) is 0 Å². The molecule has 1 aliphatic carbocycles. The molecule has 7 heteroatoms. The van der Waals surface area contributed by atoms with Crippen LogP contribution in [0.4, 0.5) is 5.00 Å². The van der Waals surface area contributed by atoms with Crippen molar-refractivity contribution in [3.05, 3.63) is 38.5 Å². The van der Waals surface area contributed by atoms with Crippen molar-refractivity contribution in [2.75, 3.05) is 7.11 Å². The number of hydrogen-bond donors (Lipinski definition) is 0. The van der Waals surface area contributed by atoms with E-state index in [1.54, 1.807) is 0 Å². The lowest BCUT2D eigenvalue weighted by Gasteiger charge is -2.08. The maximum absolute atomic E-state index is 11.7. The summed E-state index contributed by atoms with van der Waals surface area (Å²) in [4.78, 5) is 33.2. The minimum Gasteiger partial charge on any atom is -0.492 e. The molecule has 16 heavy (non-hydrogen) atoms. The van der Waals surface area contributed by atoms with Crippen LogP contribution in [0, 0.1) is 10.1 Å². The van der Waals surface area contributed by atoms with Crippen LogP contribution in [0.2, 0.25) is 0 Å². The monoisotopic (exact) mass is 239 g/mol. The van der Waals surface area contributed by atoms with Crippen molar-refractivity contribution in [3.63, 3.8) is 0 Å². The second-order valence-electron chi connectivity index (χ2n) is 2.99. The van der Waals surface area contributed by atoms with E-state index in [9.17, 15) is 19.7 Å². The van der Waals surface area contributed by atoms with Crippen LogP contribution < -0.4 is 0 Å². The molecule has 2 rings (SSSR count). The van der Waals surface area contributed by atoms with E-state index in [4.69, 9.17) is 4.74 Å². The van der Waals surface area contributed by atoms with E-state index in [1.165, 1.54) is 7.11 Å². The number of carbonyl (C=O) groups is 2. The number of methoxy groups -OCH3 is 1. The van der Waals surface area contributed by atoms with E-state index in [1.807, 2.05) is 0 Å². The molecule has 0 aromatic carbocycles. The van der Waals surface area contributed by atoms with E-state index in [0.717, 1.165) is 12.1 Å². The lowest BCUT2D eigenvalue weighted by atomic mass is 10.0. The first-order valence-corrected chi connectivity index (χ1v) is 4.99. The molecule has 0 bridgehead atoms. The highest BCUT2D eigenvalue weighted by atomic mass is 32.1. The third-order valence-electron chi connectivity index (χ3n) is 2.07. The highest BCUT2D eigenvalue weighted by Gasteiger charge is 2.31. The Morgan fingerprint density at radius 3 is 2.69 bits per heavy atom. The van der Waals surface area contributed by atoms with Gasteiger partial charge >= 0.3 is 5.00 Å². The van der Waals surface area contributed by atoms with Crippen molar-refractivity contribution in [1.29, 1.82) is 0 Å². The molecular formula is C9H5NO5S. The maximum atomic E-state index is 11.7. The summed E-state index contributed by atoms with van der Waals surface area (Å²) < 4.78 is 4.73. The molecule has 0 amide bonds. The fourth-order valence-electron chi connectivity index (χ4n) is 1.35. The normalized spacial score (nSPS) is 14.4. The quantitative estimate of drug-likeness (QED) is 0.577.